The fourth-order valence-corrected chi connectivity index (χ4v) is 2.55. The first-order chi connectivity index (χ1) is 11.4. The van der Waals surface area contributed by atoms with E-state index in [2.05, 4.69) is 5.32 Å². The molecule has 24 heavy (non-hydrogen) atoms. The van der Waals surface area contributed by atoms with Gasteiger partial charge in [-0.15, -0.1) is 0 Å². The Labute approximate surface area is 140 Å². The van der Waals surface area contributed by atoms with Crippen molar-refractivity contribution >= 4 is 17.6 Å². The molecule has 0 saturated carbocycles. The first-order valence-corrected chi connectivity index (χ1v) is 7.77. The maximum absolute atomic E-state index is 13.2. The van der Waals surface area contributed by atoms with Crippen LogP contribution in [0.4, 0.5) is 10.1 Å². The molecule has 0 fully saturated rings. The highest BCUT2D eigenvalue weighted by Crippen LogP contribution is 2.15. The molecule has 4 nitrogen and oxygen atoms in total. The Balaban J connectivity index is 1.84. The van der Waals surface area contributed by atoms with Gasteiger partial charge in [-0.1, -0.05) is 31.2 Å². The number of anilines is 1. The molecule has 0 bridgehead atoms. The molecule has 5 heteroatoms. The van der Waals surface area contributed by atoms with Crippen molar-refractivity contribution in [3.05, 3.63) is 65.5 Å². The van der Waals surface area contributed by atoms with Crippen LogP contribution in [0.5, 0.6) is 0 Å². The third-order valence-electron chi connectivity index (χ3n) is 3.60. The number of aliphatic carboxylic acids is 1. The molecule has 0 aliphatic heterocycles. The van der Waals surface area contributed by atoms with Gasteiger partial charge in [-0.2, -0.15) is 0 Å². The lowest BCUT2D eigenvalue weighted by atomic mass is 9.97. The van der Waals surface area contributed by atoms with Gasteiger partial charge in [0.25, 0.3) is 0 Å². The van der Waals surface area contributed by atoms with E-state index < -0.39 is 5.97 Å². The van der Waals surface area contributed by atoms with Gasteiger partial charge in [0.1, 0.15) is 5.82 Å². The number of rotatable bonds is 7. The highest BCUT2D eigenvalue weighted by atomic mass is 19.1. The van der Waals surface area contributed by atoms with Gasteiger partial charge < -0.3 is 10.4 Å². The predicted octanol–water partition coefficient (Wildman–Crippen LogP) is 3.66. The van der Waals surface area contributed by atoms with E-state index in [1.807, 2.05) is 13.0 Å². The zero-order valence-corrected chi connectivity index (χ0v) is 13.5. The van der Waals surface area contributed by atoms with Crippen LogP contribution in [0, 0.1) is 11.7 Å². The first kappa shape index (κ1) is 17.7. The average molecular weight is 329 g/mol. The van der Waals surface area contributed by atoms with E-state index in [4.69, 9.17) is 5.11 Å². The van der Waals surface area contributed by atoms with Gasteiger partial charge >= 0.3 is 5.97 Å². The van der Waals surface area contributed by atoms with Crippen molar-refractivity contribution < 1.29 is 19.1 Å². The quantitative estimate of drug-likeness (QED) is 0.814. The van der Waals surface area contributed by atoms with Crippen molar-refractivity contribution in [2.24, 2.45) is 5.92 Å². The third kappa shape index (κ3) is 5.83. The minimum atomic E-state index is -0.891. The van der Waals surface area contributed by atoms with E-state index in [0.29, 0.717) is 24.1 Å². The molecule has 0 spiro atoms. The summed E-state index contributed by atoms with van der Waals surface area (Å²) in [4.78, 5) is 22.7. The number of carbonyl (C=O) groups is 2. The minimum Gasteiger partial charge on any atom is -0.481 e. The van der Waals surface area contributed by atoms with E-state index in [-0.39, 0.29) is 24.1 Å². The molecule has 0 radical (unpaired) electrons. The number of carboxylic acid groups (broad SMARTS) is 1. The molecule has 0 saturated heterocycles. The van der Waals surface area contributed by atoms with Crippen molar-refractivity contribution in [2.75, 3.05) is 5.32 Å². The summed E-state index contributed by atoms with van der Waals surface area (Å²) in [6, 6.07) is 13.1. The lowest BCUT2D eigenvalue weighted by Crippen LogP contribution is -2.16. The standard InChI is InChI=1S/C19H20FNO3/c1-13(9-15-3-2-4-16(20)11-15)10-18(22)21-17-7-5-14(6-8-17)12-19(23)24/h2-8,11,13H,9-10,12H2,1H3,(H,21,22)(H,23,24). The molecular weight excluding hydrogens is 309 g/mol. The normalized spacial score (nSPS) is 11.8. The Kier molecular flexibility index (Phi) is 6.07. The maximum Gasteiger partial charge on any atom is 0.307 e. The van der Waals surface area contributed by atoms with Gasteiger partial charge in [-0.3, -0.25) is 9.59 Å². The zero-order chi connectivity index (χ0) is 17.5. The second kappa shape index (κ2) is 8.24. The molecule has 2 aromatic rings. The predicted molar refractivity (Wildman–Crippen MR) is 90.3 cm³/mol. The molecule has 1 unspecified atom stereocenters. The number of amides is 1. The number of benzene rings is 2. The van der Waals surface area contributed by atoms with Crippen LogP contribution in [0.2, 0.25) is 0 Å². The summed E-state index contributed by atoms with van der Waals surface area (Å²) in [5.74, 6) is -1.20. The summed E-state index contributed by atoms with van der Waals surface area (Å²) in [5, 5.41) is 11.5. The third-order valence-corrected chi connectivity index (χ3v) is 3.60. The molecule has 1 atom stereocenters. The van der Waals surface area contributed by atoms with Gasteiger partial charge in [0.15, 0.2) is 0 Å². The monoisotopic (exact) mass is 329 g/mol. The summed E-state index contributed by atoms with van der Waals surface area (Å²) in [7, 11) is 0. The van der Waals surface area contributed by atoms with Crippen molar-refractivity contribution in [3.63, 3.8) is 0 Å². The highest BCUT2D eigenvalue weighted by Gasteiger charge is 2.11. The van der Waals surface area contributed by atoms with Gasteiger partial charge in [0.2, 0.25) is 5.91 Å². The van der Waals surface area contributed by atoms with Crippen LogP contribution < -0.4 is 5.32 Å². The summed E-state index contributed by atoms with van der Waals surface area (Å²) in [5.41, 5.74) is 2.18. The lowest BCUT2D eigenvalue weighted by molar-refractivity contribution is -0.136. The van der Waals surface area contributed by atoms with Crippen LogP contribution in [0.25, 0.3) is 0 Å². The van der Waals surface area contributed by atoms with Crippen molar-refractivity contribution in [1.82, 2.24) is 0 Å². The van der Waals surface area contributed by atoms with Crippen molar-refractivity contribution in [2.45, 2.75) is 26.2 Å². The smallest absolute Gasteiger partial charge is 0.307 e. The SMILES string of the molecule is CC(CC(=O)Nc1ccc(CC(=O)O)cc1)Cc1cccc(F)c1. The Morgan fingerprint density at radius 3 is 2.46 bits per heavy atom. The second-order valence-electron chi connectivity index (χ2n) is 5.96. The summed E-state index contributed by atoms with van der Waals surface area (Å²) in [6.45, 7) is 1.94. The van der Waals surface area contributed by atoms with Crippen LogP contribution in [-0.4, -0.2) is 17.0 Å². The Hall–Kier alpha value is -2.69. The number of hydrogen-bond donors (Lipinski definition) is 2. The topological polar surface area (TPSA) is 66.4 Å². The number of hydrogen-bond acceptors (Lipinski definition) is 2. The van der Waals surface area contributed by atoms with Crippen LogP contribution >= 0.6 is 0 Å². The van der Waals surface area contributed by atoms with Crippen LogP contribution in [0.3, 0.4) is 0 Å². The maximum atomic E-state index is 13.2. The van der Waals surface area contributed by atoms with E-state index in [1.54, 1.807) is 30.3 Å². The second-order valence-corrected chi connectivity index (χ2v) is 5.96. The van der Waals surface area contributed by atoms with E-state index in [1.165, 1.54) is 12.1 Å². The Morgan fingerprint density at radius 2 is 1.83 bits per heavy atom. The van der Waals surface area contributed by atoms with Gasteiger partial charge in [0, 0.05) is 12.1 Å². The summed E-state index contributed by atoms with van der Waals surface area (Å²) < 4.78 is 13.2. The van der Waals surface area contributed by atoms with Gasteiger partial charge in [-0.25, -0.2) is 4.39 Å². The largest absolute Gasteiger partial charge is 0.481 e. The zero-order valence-electron chi connectivity index (χ0n) is 13.5. The van der Waals surface area contributed by atoms with E-state index in [9.17, 15) is 14.0 Å². The molecule has 2 aromatic carbocycles. The van der Waals surface area contributed by atoms with Crippen LogP contribution in [0.15, 0.2) is 48.5 Å². The Morgan fingerprint density at radius 1 is 1.12 bits per heavy atom. The molecule has 0 aliphatic carbocycles. The van der Waals surface area contributed by atoms with Crippen molar-refractivity contribution in [3.8, 4) is 0 Å². The molecule has 126 valence electrons. The Bertz CT molecular complexity index is 713. The minimum absolute atomic E-state index is 0.0428. The fourth-order valence-electron chi connectivity index (χ4n) is 2.55. The number of carbonyl (C=O) groups excluding carboxylic acids is 1. The van der Waals surface area contributed by atoms with Gasteiger partial charge in [0.05, 0.1) is 6.42 Å². The highest BCUT2D eigenvalue weighted by molar-refractivity contribution is 5.90. The van der Waals surface area contributed by atoms with Crippen LogP contribution in [-0.2, 0) is 22.4 Å². The molecule has 0 aromatic heterocycles. The number of nitrogens with one attached hydrogen (secondary N) is 1. The fraction of sp³-hybridized carbons (Fsp3) is 0.263. The first-order valence-electron chi connectivity index (χ1n) is 7.77. The van der Waals surface area contributed by atoms with Crippen molar-refractivity contribution in [1.29, 1.82) is 0 Å². The molecule has 0 aliphatic rings. The number of carboxylic acids is 1. The number of halogens is 1. The van der Waals surface area contributed by atoms with Crippen LogP contribution in [0.1, 0.15) is 24.5 Å². The average Bonchev–Trinajstić information content (AvgIpc) is 2.48. The molecule has 0 heterocycles. The molecule has 2 rings (SSSR count). The molecule has 2 N–H and O–H groups in total. The lowest BCUT2D eigenvalue weighted by Gasteiger charge is -2.12. The molecule has 1 amide bonds. The van der Waals surface area contributed by atoms with E-state index in [0.717, 1.165) is 5.56 Å². The molecular formula is C19H20FNO3. The van der Waals surface area contributed by atoms with E-state index >= 15 is 0 Å². The van der Waals surface area contributed by atoms with Gasteiger partial charge in [-0.05, 0) is 47.7 Å². The summed E-state index contributed by atoms with van der Waals surface area (Å²) >= 11 is 0. The summed E-state index contributed by atoms with van der Waals surface area (Å²) in [6.07, 6.45) is 0.912.